The number of hydrogen-bond acceptors (Lipinski definition) is 3. The number of amides is 1. The zero-order valence-electron chi connectivity index (χ0n) is 12.7. The Labute approximate surface area is 141 Å². The largest absolute Gasteiger partial charge is 0.349 e. The standard InChI is InChI=1S/C16H21FN2OS.ClH/c1-16(6-2-7-18-10-16)15(20)19-13-5-8-21-14-4-3-11(17)9-12(13)14;/h3-4,9,13,18H,2,5-8,10H2,1H3,(H,19,20);1H. The van der Waals surface area contributed by atoms with Crippen molar-refractivity contribution in [3.05, 3.63) is 29.6 Å². The molecule has 3 nitrogen and oxygen atoms in total. The Morgan fingerprint density at radius 1 is 1.50 bits per heavy atom. The number of benzene rings is 1. The summed E-state index contributed by atoms with van der Waals surface area (Å²) in [6, 6.07) is 4.80. The lowest BCUT2D eigenvalue weighted by atomic mass is 9.81. The minimum absolute atomic E-state index is 0. The van der Waals surface area contributed by atoms with E-state index in [4.69, 9.17) is 0 Å². The highest BCUT2D eigenvalue weighted by atomic mass is 35.5. The van der Waals surface area contributed by atoms with E-state index in [-0.39, 0.29) is 35.6 Å². The first-order valence-corrected chi connectivity index (χ1v) is 8.51. The van der Waals surface area contributed by atoms with Crippen molar-refractivity contribution in [3.63, 3.8) is 0 Å². The van der Waals surface area contributed by atoms with Gasteiger partial charge in [0.25, 0.3) is 0 Å². The summed E-state index contributed by atoms with van der Waals surface area (Å²) in [4.78, 5) is 13.7. The number of carbonyl (C=O) groups excluding carboxylic acids is 1. The molecule has 0 saturated carbocycles. The number of hydrogen-bond donors (Lipinski definition) is 2. The Hall–Kier alpha value is -0.780. The topological polar surface area (TPSA) is 41.1 Å². The van der Waals surface area contributed by atoms with Gasteiger partial charge < -0.3 is 10.6 Å². The van der Waals surface area contributed by atoms with Crippen LogP contribution in [-0.4, -0.2) is 24.7 Å². The van der Waals surface area contributed by atoms with Crippen molar-refractivity contribution in [2.24, 2.45) is 5.41 Å². The van der Waals surface area contributed by atoms with Gasteiger partial charge in [-0.15, -0.1) is 24.2 Å². The molecule has 2 aliphatic heterocycles. The van der Waals surface area contributed by atoms with Gasteiger partial charge in [0, 0.05) is 17.2 Å². The monoisotopic (exact) mass is 344 g/mol. The molecule has 2 aliphatic rings. The van der Waals surface area contributed by atoms with E-state index in [1.807, 2.05) is 13.0 Å². The molecule has 0 aromatic heterocycles. The van der Waals surface area contributed by atoms with Crippen molar-refractivity contribution in [2.45, 2.75) is 37.1 Å². The van der Waals surface area contributed by atoms with Gasteiger partial charge in [-0.05, 0) is 56.5 Å². The quantitative estimate of drug-likeness (QED) is 0.865. The fourth-order valence-corrected chi connectivity index (χ4v) is 4.20. The highest BCUT2D eigenvalue weighted by molar-refractivity contribution is 7.99. The maximum Gasteiger partial charge on any atom is 0.227 e. The summed E-state index contributed by atoms with van der Waals surface area (Å²) in [7, 11) is 0. The Kier molecular flexibility index (Phi) is 5.75. The van der Waals surface area contributed by atoms with Crippen LogP contribution in [0.4, 0.5) is 4.39 Å². The van der Waals surface area contributed by atoms with E-state index in [1.54, 1.807) is 17.8 Å². The maximum atomic E-state index is 13.5. The number of carbonyl (C=O) groups is 1. The second-order valence-electron chi connectivity index (χ2n) is 6.19. The van der Waals surface area contributed by atoms with E-state index < -0.39 is 0 Å². The Morgan fingerprint density at radius 3 is 3.05 bits per heavy atom. The van der Waals surface area contributed by atoms with Gasteiger partial charge in [-0.3, -0.25) is 4.79 Å². The lowest BCUT2D eigenvalue weighted by molar-refractivity contribution is -0.132. The third kappa shape index (κ3) is 3.58. The predicted octanol–water partition coefficient (Wildman–Crippen LogP) is 3.29. The van der Waals surface area contributed by atoms with Crippen molar-refractivity contribution in [1.29, 1.82) is 0 Å². The summed E-state index contributed by atoms with van der Waals surface area (Å²) in [5.74, 6) is 0.807. The molecule has 2 N–H and O–H groups in total. The van der Waals surface area contributed by atoms with Crippen LogP contribution in [0.15, 0.2) is 23.1 Å². The molecular weight excluding hydrogens is 323 g/mol. The normalized spacial score (nSPS) is 27.5. The average molecular weight is 345 g/mol. The number of thioether (sulfide) groups is 1. The third-order valence-corrected chi connectivity index (χ3v) is 5.58. The first-order chi connectivity index (χ1) is 10.1. The zero-order valence-corrected chi connectivity index (χ0v) is 14.3. The van der Waals surface area contributed by atoms with Crippen molar-refractivity contribution in [1.82, 2.24) is 10.6 Å². The van der Waals surface area contributed by atoms with Gasteiger partial charge in [0.05, 0.1) is 11.5 Å². The molecule has 1 fully saturated rings. The second-order valence-corrected chi connectivity index (χ2v) is 7.32. The van der Waals surface area contributed by atoms with Crippen LogP contribution in [0.5, 0.6) is 0 Å². The van der Waals surface area contributed by atoms with Crippen LogP contribution in [0.1, 0.15) is 37.8 Å². The molecular formula is C16H22ClFN2OS. The summed E-state index contributed by atoms with van der Waals surface area (Å²) in [5, 5.41) is 6.45. The second kappa shape index (κ2) is 7.20. The van der Waals surface area contributed by atoms with Crippen LogP contribution >= 0.6 is 24.2 Å². The van der Waals surface area contributed by atoms with Gasteiger partial charge in [0.15, 0.2) is 0 Å². The first kappa shape index (κ1) is 17.6. The van der Waals surface area contributed by atoms with Crippen LogP contribution in [-0.2, 0) is 4.79 Å². The van der Waals surface area contributed by atoms with E-state index >= 15 is 0 Å². The smallest absolute Gasteiger partial charge is 0.227 e. The number of piperidine rings is 1. The highest BCUT2D eigenvalue weighted by Crippen LogP contribution is 2.37. The third-order valence-electron chi connectivity index (χ3n) is 4.46. The van der Waals surface area contributed by atoms with Crippen molar-refractivity contribution in [2.75, 3.05) is 18.8 Å². The number of fused-ring (bicyclic) bond motifs is 1. The Bertz CT molecular complexity index is 549. The van der Waals surface area contributed by atoms with E-state index in [0.717, 1.165) is 48.6 Å². The molecule has 1 aromatic rings. The van der Waals surface area contributed by atoms with Gasteiger partial charge in [-0.1, -0.05) is 0 Å². The average Bonchev–Trinajstić information content (AvgIpc) is 2.48. The SMILES string of the molecule is CC1(C(=O)NC2CCSc3ccc(F)cc32)CCCNC1.Cl. The minimum atomic E-state index is -0.351. The molecule has 1 aromatic carbocycles. The molecule has 2 unspecified atom stereocenters. The van der Waals surface area contributed by atoms with E-state index in [9.17, 15) is 9.18 Å². The molecule has 1 amide bonds. The first-order valence-electron chi connectivity index (χ1n) is 7.52. The van der Waals surface area contributed by atoms with Crippen LogP contribution in [0.2, 0.25) is 0 Å². The van der Waals surface area contributed by atoms with Crippen LogP contribution in [0.25, 0.3) is 0 Å². The molecule has 0 aliphatic carbocycles. The lowest BCUT2D eigenvalue weighted by Crippen LogP contribution is -2.49. The zero-order chi connectivity index (χ0) is 14.9. The van der Waals surface area contributed by atoms with Crippen molar-refractivity contribution in [3.8, 4) is 0 Å². The lowest BCUT2D eigenvalue weighted by Gasteiger charge is -2.35. The minimum Gasteiger partial charge on any atom is -0.349 e. The van der Waals surface area contributed by atoms with Gasteiger partial charge in [-0.2, -0.15) is 0 Å². The molecule has 22 heavy (non-hydrogen) atoms. The summed E-state index contributed by atoms with van der Waals surface area (Å²) in [6.07, 6.45) is 2.79. The fraction of sp³-hybridized carbons (Fsp3) is 0.562. The summed E-state index contributed by atoms with van der Waals surface area (Å²) >= 11 is 1.73. The number of nitrogens with one attached hydrogen (secondary N) is 2. The molecule has 2 heterocycles. The molecule has 0 spiro atoms. The van der Waals surface area contributed by atoms with Crippen LogP contribution in [0, 0.1) is 11.2 Å². The van der Waals surface area contributed by atoms with E-state index in [1.165, 1.54) is 6.07 Å². The molecule has 0 bridgehead atoms. The van der Waals surface area contributed by atoms with Crippen LogP contribution in [0.3, 0.4) is 0 Å². The molecule has 1 saturated heterocycles. The van der Waals surface area contributed by atoms with E-state index in [2.05, 4.69) is 10.6 Å². The van der Waals surface area contributed by atoms with Crippen molar-refractivity contribution >= 4 is 30.1 Å². The molecule has 2 atom stereocenters. The van der Waals surface area contributed by atoms with E-state index in [0.29, 0.717) is 0 Å². The summed E-state index contributed by atoms with van der Waals surface area (Å²) in [6.45, 7) is 3.71. The summed E-state index contributed by atoms with van der Waals surface area (Å²) < 4.78 is 13.5. The Balaban J connectivity index is 0.00000176. The predicted molar refractivity (Wildman–Crippen MR) is 90.1 cm³/mol. The highest BCUT2D eigenvalue weighted by Gasteiger charge is 2.36. The molecule has 122 valence electrons. The Morgan fingerprint density at radius 2 is 2.32 bits per heavy atom. The number of rotatable bonds is 2. The van der Waals surface area contributed by atoms with Gasteiger partial charge in [0.2, 0.25) is 5.91 Å². The van der Waals surface area contributed by atoms with Crippen LogP contribution < -0.4 is 10.6 Å². The van der Waals surface area contributed by atoms with Gasteiger partial charge in [-0.25, -0.2) is 4.39 Å². The summed E-state index contributed by atoms with van der Waals surface area (Å²) in [5.41, 5.74) is 0.572. The fourth-order valence-electron chi connectivity index (χ4n) is 3.10. The molecule has 0 radical (unpaired) electrons. The number of halogens is 2. The molecule has 3 rings (SSSR count). The van der Waals surface area contributed by atoms with Crippen molar-refractivity contribution < 1.29 is 9.18 Å². The van der Waals surface area contributed by atoms with Gasteiger partial charge in [0.1, 0.15) is 5.82 Å². The maximum absolute atomic E-state index is 13.5. The molecule has 6 heteroatoms. The van der Waals surface area contributed by atoms with Gasteiger partial charge >= 0.3 is 0 Å².